The van der Waals surface area contributed by atoms with Crippen molar-refractivity contribution >= 4 is 0 Å². The van der Waals surface area contributed by atoms with Crippen LogP contribution in [0.25, 0.3) is 0 Å². The molecule has 0 aromatic rings. The van der Waals surface area contributed by atoms with Crippen LogP contribution in [-0.2, 0) is 0 Å². The summed E-state index contributed by atoms with van der Waals surface area (Å²) in [5, 5.41) is 0. The van der Waals surface area contributed by atoms with Crippen LogP contribution in [0.5, 0.6) is 0 Å². The summed E-state index contributed by atoms with van der Waals surface area (Å²) in [6.45, 7) is -1.36. The van der Waals surface area contributed by atoms with Crippen molar-refractivity contribution in [3.05, 3.63) is 13.1 Å². The van der Waals surface area contributed by atoms with E-state index < -0.39 is 19.0 Å². The lowest BCUT2D eigenvalue weighted by atomic mass is 10.4. The minimum atomic E-state index is -4.67. The van der Waals surface area contributed by atoms with Gasteiger partial charge in [0.2, 0.25) is 6.67 Å². The molecule has 0 rings (SSSR count). The molecule has 0 amide bonds. The molecule has 0 unspecified atom stereocenters. The van der Waals surface area contributed by atoms with Crippen molar-refractivity contribution in [2.45, 2.75) is 5.92 Å². The predicted molar refractivity (Wildman–Crippen MR) is 15.8 cm³/mol. The zero-order valence-corrected chi connectivity index (χ0v) is 3.47. The van der Waals surface area contributed by atoms with E-state index in [-0.39, 0.29) is 0 Å². The molecular formula is C3HF5. The highest BCUT2D eigenvalue weighted by atomic mass is 19.3. The summed E-state index contributed by atoms with van der Waals surface area (Å²) >= 11 is 0. The lowest BCUT2D eigenvalue weighted by Crippen LogP contribution is -2.18. The van der Waals surface area contributed by atoms with Gasteiger partial charge < -0.3 is 0 Å². The topological polar surface area (TPSA) is 0 Å². The van der Waals surface area contributed by atoms with Gasteiger partial charge in [-0.05, 0) is 0 Å². The zero-order valence-electron chi connectivity index (χ0n) is 3.47. The highest BCUT2D eigenvalue weighted by Crippen LogP contribution is 2.31. The van der Waals surface area contributed by atoms with Crippen LogP contribution in [-0.4, -0.2) is 5.92 Å². The van der Waals surface area contributed by atoms with E-state index in [2.05, 4.69) is 0 Å². The first-order valence-electron chi connectivity index (χ1n) is 1.51. The highest BCUT2D eigenvalue weighted by molar-refractivity contribution is 4.89. The van der Waals surface area contributed by atoms with Crippen LogP contribution in [0.3, 0.4) is 0 Å². The Kier molecular flexibility index (Phi) is 2.18. The molecule has 0 aliphatic rings. The second kappa shape index (κ2) is 2.28. The first kappa shape index (κ1) is 7.65. The number of alkyl halides is 2. The van der Waals surface area contributed by atoms with Crippen LogP contribution < -0.4 is 0 Å². The quantitative estimate of drug-likeness (QED) is 0.505. The van der Waals surface area contributed by atoms with Gasteiger partial charge in [0.15, 0.2) is 0 Å². The van der Waals surface area contributed by atoms with Gasteiger partial charge in [-0.25, -0.2) is 4.39 Å². The third-order valence-corrected chi connectivity index (χ3v) is 0.389. The average molecular weight is 132 g/mol. The Morgan fingerprint density at radius 1 is 1.25 bits per heavy atom. The number of hydrogen-bond donors (Lipinski definition) is 0. The largest absolute Gasteiger partial charge is 0.381 e. The molecule has 0 saturated carbocycles. The summed E-state index contributed by atoms with van der Waals surface area (Å²) in [6.07, 6.45) is -3.24. The third kappa shape index (κ3) is 1.63. The molecule has 0 aliphatic heterocycles. The smallest absolute Gasteiger partial charge is 0.237 e. The fourth-order valence-corrected chi connectivity index (χ4v) is 0.0412. The van der Waals surface area contributed by atoms with Crippen LogP contribution in [0, 0.1) is 13.1 Å². The lowest BCUT2D eigenvalue weighted by Gasteiger charge is -2.05. The average Bonchev–Trinajstić information content (AvgIpc) is 1.67. The van der Waals surface area contributed by atoms with Crippen molar-refractivity contribution in [3.8, 4) is 0 Å². The maximum absolute atomic E-state index is 11.1. The Morgan fingerprint density at radius 3 is 1.62 bits per heavy atom. The standard InChI is InChI=1S/C3HF5/c4-1-3(7,8)2(5)6/h1H. The molecule has 0 fully saturated rings. The van der Waals surface area contributed by atoms with Gasteiger partial charge in [-0.2, -0.15) is 17.6 Å². The van der Waals surface area contributed by atoms with Crippen molar-refractivity contribution in [3.63, 3.8) is 0 Å². The Labute approximate surface area is 42.3 Å². The minimum absolute atomic E-state index is 1.36. The Bertz CT molecular complexity index is 68.1. The predicted octanol–water partition coefficient (Wildman–Crippen LogP) is 2.18. The summed E-state index contributed by atoms with van der Waals surface area (Å²) in [7, 11) is 0. The van der Waals surface area contributed by atoms with Crippen LogP contribution in [0.2, 0.25) is 0 Å². The van der Waals surface area contributed by atoms with Gasteiger partial charge in [0.05, 0.1) is 0 Å². The maximum atomic E-state index is 11.1. The number of hydrogen-bond acceptors (Lipinski definition) is 0. The zero-order chi connectivity index (χ0) is 6.78. The SMILES string of the molecule is F[CH]C(F)(F)[C](F)F. The van der Waals surface area contributed by atoms with Crippen LogP contribution >= 0.6 is 0 Å². The molecule has 8 heavy (non-hydrogen) atoms. The molecule has 0 heterocycles. The first-order valence-corrected chi connectivity index (χ1v) is 1.51. The molecule has 5 heteroatoms. The maximum Gasteiger partial charge on any atom is 0.381 e. The van der Waals surface area contributed by atoms with E-state index in [0.29, 0.717) is 0 Å². The molecule has 0 N–H and O–H groups in total. The normalized spacial score (nSPS) is 12.8. The fourth-order valence-electron chi connectivity index (χ4n) is 0.0412. The van der Waals surface area contributed by atoms with Gasteiger partial charge in [-0.15, -0.1) is 0 Å². The second-order valence-corrected chi connectivity index (χ2v) is 0.992. The van der Waals surface area contributed by atoms with Gasteiger partial charge in [-0.1, -0.05) is 0 Å². The number of halogens is 5. The molecule has 0 aromatic heterocycles. The van der Waals surface area contributed by atoms with E-state index in [1.807, 2.05) is 0 Å². The van der Waals surface area contributed by atoms with Crippen molar-refractivity contribution in [1.82, 2.24) is 0 Å². The molecule has 0 atom stereocenters. The third-order valence-electron chi connectivity index (χ3n) is 0.389. The summed E-state index contributed by atoms with van der Waals surface area (Å²) < 4.78 is 54.2. The van der Waals surface area contributed by atoms with Crippen molar-refractivity contribution < 1.29 is 22.0 Å². The van der Waals surface area contributed by atoms with Crippen LogP contribution in [0.15, 0.2) is 0 Å². The summed E-state index contributed by atoms with van der Waals surface area (Å²) in [4.78, 5) is 0. The van der Waals surface area contributed by atoms with Gasteiger partial charge in [-0.3, -0.25) is 0 Å². The Morgan fingerprint density at radius 2 is 1.62 bits per heavy atom. The summed E-state index contributed by atoms with van der Waals surface area (Å²) in [5.74, 6) is -4.67. The lowest BCUT2D eigenvalue weighted by molar-refractivity contribution is -0.0481. The molecule has 0 spiro atoms. The van der Waals surface area contributed by atoms with E-state index in [9.17, 15) is 22.0 Å². The molecule has 0 bridgehead atoms. The van der Waals surface area contributed by atoms with Gasteiger partial charge >= 0.3 is 12.3 Å². The summed E-state index contributed by atoms with van der Waals surface area (Å²) in [5.41, 5.74) is 0. The molecule has 0 nitrogen and oxygen atoms in total. The summed E-state index contributed by atoms with van der Waals surface area (Å²) in [6, 6.07) is 0. The minimum Gasteiger partial charge on any atom is -0.237 e. The van der Waals surface area contributed by atoms with Gasteiger partial charge in [0, 0.05) is 0 Å². The first-order chi connectivity index (χ1) is 3.50. The fraction of sp³-hybridized carbons (Fsp3) is 0.333. The van der Waals surface area contributed by atoms with Crippen molar-refractivity contribution in [2.75, 3.05) is 0 Å². The molecule has 48 valence electrons. The molecule has 0 saturated heterocycles. The van der Waals surface area contributed by atoms with E-state index >= 15 is 0 Å². The van der Waals surface area contributed by atoms with E-state index in [1.54, 1.807) is 0 Å². The van der Waals surface area contributed by atoms with E-state index in [1.165, 1.54) is 0 Å². The van der Waals surface area contributed by atoms with Crippen LogP contribution in [0.1, 0.15) is 0 Å². The monoisotopic (exact) mass is 132 g/mol. The molecular weight excluding hydrogens is 131 g/mol. The Balaban J connectivity index is 3.71. The second-order valence-electron chi connectivity index (χ2n) is 0.992. The molecule has 0 aliphatic carbocycles. The van der Waals surface area contributed by atoms with E-state index in [4.69, 9.17) is 0 Å². The Hall–Kier alpha value is -0.350. The molecule has 2 radical (unpaired) electrons. The highest BCUT2D eigenvalue weighted by Gasteiger charge is 2.43. The number of rotatable bonds is 2. The van der Waals surface area contributed by atoms with Gasteiger partial charge in [0.1, 0.15) is 0 Å². The molecule has 0 aromatic carbocycles. The van der Waals surface area contributed by atoms with E-state index in [0.717, 1.165) is 0 Å². The van der Waals surface area contributed by atoms with Crippen molar-refractivity contribution in [1.29, 1.82) is 0 Å². The van der Waals surface area contributed by atoms with Gasteiger partial charge in [0.25, 0.3) is 0 Å². The van der Waals surface area contributed by atoms with Crippen molar-refractivity contribution in [2.24, 2.45) is 0 Å². The van der Waals surface area contributed by atoms with Crippen LogP contribution in [0.4, 0.5) is 22.0 Å².